The molecular weight excluding hydrogens is 250 g/mol. The summed E-state index contributed by atoms with van der Waals surface area (Å²) in [6, 6.07) is 8.18. The molecule has 0 saturated carbocycles. The number of nitrogens with one attached hydrogen (secondary N) is 1. The van der Waals surface area contributed by atoms with Gasteiger partial charge in [0.05, 0.1) is 17.1 Å². The van der Waals surface area contributed by atoms with Gasteiger partial charge in [-0.2, -0.15) is 0 Å². The first-order valence-corrected chi connectivity index (χ1v) is 7.34. The van der Waals surface area contributed by atoms with Crippen LogP contribution >= 0.6 is 0 Å². The maximum Gasteiger partial charge on any atom is 0.228 e. The minimum absolute atomic E-state index is 0.0178. The molecule has 1 aromatic rings. The van der Waals surface area contributed by atoms with E-state index in [9.17, 15) is 9.90 Å². The average Bonchev–Trinajstić information content (AvgIpc) is 2.36. The Morgan fingerprint density at radius 1 is 1.25 bits per heavy atom. The molecule has 1 atom stereocenters. The van der Waals surface area contributed by atoms with Gasteiger partial charge in [0.1, 0.15) is 0 Å². The lowest BCUT2D eigenvalue weighted by molar-refractivity contribution is -0.128. The van der Waals surface area contributed by atoms with E-state index in [1.165, 1.54) is 5.56 Å². The van der Waals surface area contributed by atoms with Crippen LogP contribution in [-0.2, 0) is 11.2 Å². The van der Waals surface area contributed by atoms with Gasteiger partial charge in [-0.05, 0) is 58.1 Å². The van der Waals surface area contributed by atoms with Crippen LogP contribution in [0.1, 0.15) is 57.6 Å². The maximum atomic E-state index is 12.6. The van der Waals surface area contributed by atoms with Crippen LogP contribution in [0.4, 0.5) is 0 Å². The predicted molar refractivity (Wildman–Crippen MR) is 80.6 cm³/mol. The Labute approximate surface area is 121 Å². The van der Waals surface area contributed by atoms with Gasteiger partial charge in [0.25, 0.3) is 0 Å². The number of carbonyl (C=O) groups is 1. The molecule has 1 unspecified atom stereocenters. The summed E-state index contributed by atoms with van der Waals surface area (Å²) in [5, 5.41) is 13.2. The first-order valence-electron chi connectivity index (χ1n) is 7.34. The van der Waals surface area contributed by atoms with Crippen molar-refractivity contribution < 1.29 is 9.90 Å². The summed E-state index contributed by atoms with van der Waals surface area (Å²) in [6.07, 6.45) is 2.97. The quantitative estimate of drug-likeness (QED) is 0.891. The minimum Gasteiger partial charge on any atom is -0.388 e. The predicted octanol–water partition coefficient (Wildman–Crippen LogP) is 2.77. The number of aliphatic hydroxyl groups is 1. The molecule has 0 aliphatic heterocycles. The molecule has 0 radical (unpaired) electrons. The van der Waals surface area contributed by atoms with Crippen LogP contribution in [0.3, 0.4) is 0 Å². The minimum atomic E-state index is -0.961. The van der Waals surface area contributed by atoms with Crippen molar-refractivity contribution in [2.45, 2.75) is 64.0 Å². The van der Waals surface area contributed by atoms with E-state index in [-0.39, 0.29) is 11.8 Å². The molecule has 2 rings (SSSR count). The highest BCUT2D eigenvalue weighted by molar-refractivity contribution is 5.85. The molecular formula is C17H25NO2. The fourth-order valence-corrected chi connectivity index (χ4v) is 2.57. The lowest BCUT2D eigenvalue weighted by Gasteiger charge is -2.39. The van der Waals surface area contributed by atoms with Gasteiger partial charge in [0.15, 0.2) is 0 Å². The van der Waals surface area contributed by atoms with E-state index < -0.39 is 11.1 Å². The first-order chi connectivity index (χ1) is 9.22. The third kappa shape index (κ3) is 2.88. The van der Waals surface area contributed by atoms with Gasteiger partial charge in [0, 0.05) is 0 Å². The lowest BCUT2D eigenvalue weighted by Crippen LogP contribution is -2.58. The fraction of sp³-hybridized carbons (Fsp3) is 0.588. The van der Waals surface area contributed by atoms with E-state index >= 15 is 0 Å². The Morgan fingerprint density at radius 2 is 1.90 bits per heavy atom. The Hall–Kier alpha value is -1.35. The van der Waals surface area contributed by atoms with Gasteiger partial charge in [-0.3, -0.25) is 4.79 Å². The third-order valence-corrected chi connectivity index (χ3v) is 4.65. The topological polar surface area (TPSA) is 49.3 Å². The number of benzene rings is 1. The standard InChI is InChI=1S/C17H25NO2/c1-16(2,17(3,4)20)18-15(19)14-11-7-9-12-8-5-6-10-13(12)14/h5-6,8,10,14,20H,7,9,11H2,1-4H3,(H,18,19). The summed E-state index contributed by atoms with van der Waals surface area (Å²) in [5.41, 5.74) is 0.801. The zero-order valence-corrected chi connectivity index (χ0v) is 12.9. The van der Waals surface area contributed by atoms with Crippen LogP contribution in [0.5, 0.6) is 0 Å². The maximum absolute atomic E-state index is 12.6. The highest BCUT2D eigenvalue weighted by Gasteiger charge is 2.38. The van der Waals surface area contributed by atoms with Gasteiger partial charge < -0.3 is 10.4 Å². The number of carbonyl (C=O) groups excluding carboxylic acids is 1. The number of fused-ring (bicyclic) bond motifs is 1. The van der Waals surface area contributed by atoms with Crippen LogP contribution in [-0.4, -0.2) is 22.2 Å². The zero-order valence-electron chi connectivity index (χ0n) is 12.9. The largest absolute Gasteiger partial charge is 0.388 e. The van der Waals surface area contributed by atoms with Gasteiger partial charge in [-0.15, -0.1) is 0 Å². The van der Waals surface area contributed by atoms with Crippen molar-refractivity contribution in [2.75, 3.05) is 0 Å². The van der Waals surface area contributed by atoms with Crippen LogP contribution in [0.2, 0.25) is 0 Å². The smallest absolute Gasteiger partial charge is 0.228 e. The molecule has 1 amide bonds. The van der Waals surface area contributed by atoms with Crippen LogP contribution in [0.15, 0.2) is 24.3 Å². The van der Waals surface area contributed by atoms with Crippen molar-refractivity contribution in [3.05, 3.63) is 35.4 Å². The number of hydrogen-bond donors (Lipinski definition) is 2. The van der Waals surface area contributed by atoms with E-state index in [2.05, 4.69) is 17.4 Å². The monoisotopic (exact) mass is 275 g/mol. The number of hydrogen-bond acceptors (Lipinski definition) is 2. The molecule has 0 aromatic heterocycles. The van der Waals surface area contributed by atoms with Crippen LogP contribution < -0.4 is 5.32 Å². The molecule has 2 N–H and O–H groups in total. The highest BCUT2D eigenvalue weighted by atomic mass is 16.3. The van der Waals surface area contributed by atoms with Gasteiger partial charge >= 0.3 is 0 Å². The van der Waals surface area contributed by atoms with Crippen molar-refractivity contribution in [3.8, 4) is 0 Å². The van der Waals surface area contributed by atoms with Gasteiger partial charge in [-0.1, -0.05) is 24.3 Å². The second-order valence-corrected chi connectivity index (χ2v) is 6.82. The summed E-state index contributed by atoms with van der Waals surface area (Å²) in [6.45, 7) is 7.17. The molecule has 1 aliphatic carbocycles. The molecule has 3 nitrogen and oxygen atoms in total. The third-order valence-electron chi connectivity index (χ3n) is 4.65. The summed E-state index contributed by atoms with van der Waals surface area (Å²) in [4.78, 5) is 12.6. The Balaban J connectivity index is 2.20. The average molecular weight is 275 g/mol. The normalized spacial score (nSPS) is 19.4. The van der Waals surface area contributed by atoms with Crippen molar-refractivity contribution in [1.82, 2.24) is 5.32 Å². The second-order valence-electron chi connectivity index (χ2n) is 6.82. The molecule has 0 bridgehead atoms. The fourth-order valence-electron chi connectivity index (χ4n) is 2.57. The summed E-state index contributed by atoms with van der Waals surface area (Å²) >= 11 is 0. The molecule has 0 fully saturated rings. The van der Waals surface area contributed by atoms with Crippen LogP contribution in [0.25, 0.3) is 0 Å². The van der Waals surface area contributed by atoms with Crippen molar-refractivity contribution >= 4 is 5.91 Å². The molecule has 0 heterocycles. The number of rotatable bonds is 3. The summed E-state index contributed by atoms with van der Waals surface area (Å²) < 4.78 is 0. The molecule has 0 spiro atoms. The second kappa shape index (κ2) is 5.21. The number of aryl methyl sites for hydroxylation is 1. The van der Waals surface area contributed by atoms with E-state index in [1.807, 2.05) is 26.0 Å². The molecule has 110 valence electrons. The van der Waals surface area contributed by atoms with Crippen molar-refractivity contribution in [3.63, 3.8) is 0 Å². The van der Waals surface area contributed by atoms with E-state index in [0.717, 1.165) is 24.8 Å². The lowest BCUT2D eigenvalue weighted by atomic mass is 9.80. The van der Waals surface area contributed by atoms with E-state index in [4.69, 9.17) is 0 Å². The molecule has 1 aromatic carbocycles. The van der Waals surface area contributed by atoms with Crippen LogP contribution in [0, 0.1) is 0 Å². The molecule has 1 aliphatic rings. The molecule has 0 saturated heterocycles. The number of amides is 1. The summed E-state index contributed by atoms with van der Waals surface area (Å²) in [7, 11) is 0. The SMILES string of the molecule is CC(C)(O)C(C)(C)NC(=O)C1CCCc2ccccc21. The highest BCUT2D eigenvalue weighted by Crippen LogP contribution is 2.32. The first kappa shape index (κ1) is 15.0. The van der Waals surface area contributed by atoms with Crippen molar-refractivity contribution in [2.24, 2.45) is 0 Å². The Morgan fingerprint density at radius 3 is 2.55 bits per heavy atom. The zero-order chi connectivity index (χ0) is 15.0. The van der Waals surface area contributed by atoms with E-state index in [1.54, 1.807) is 13.8 Å². The van der Waals surface area contributed by atoms with Gasteiger partial charge in [-0.25, -0.2) is 0 Å². The summed E-state index contributed by atoms with van der Waals surface area (Å²) in [5.74, 6) is -0.0779. The van der Waals surface area contributed by atoms with Gasteiger partial charge in [0.2, 0.25) is 5.91 Å². The molecule has 20 heavy (non-hydrogen) atoms. The molecule has 3 heteroatoms. The Kier molecular flexibility index (Phi) is 3.92. The Bertz CT molecular complexity index is 500. The van der Waals surface area contributed by atoms with E-state index in [0.29, 0.717) is 0 Å². The van der Waals surface area contributed by atoms with Crippen molar-refractivity contribution in [1.29, 1.82) is 0 Å².